The molecule has 0 saturated carbocycles. The number of amides is 1. The van der Waals surface area contributed by atoms with Crippen molar-refractivity contribution in [3.8, 4) is 17.2 Å². The van der Waals surface area contributed by atoms with Gasteiger partial charge in [-0.1, -0.05) is 36.4 Å². The van der Waals surface area contributed by atoms with Gasteiger partial charge in [-0.15, -0.1) is 0 Å². The van der Waals surface area contributed by atoms with Crippen molar-refractivity contribution in [3.63, 3.8) is 0 Å². The SMILES string of the molecule is COc1ccc(OC)c(CN2CCN(C(=O)c3ccccc3COc3ccccc3)CC2)c1. The molecule has 172 valence electrons. The Labute approximate surface area is 195 Å². The third-order valence-electron chi connectivity index (χ3n) is 5.93. The van der Waals surface area contributed by atoms with Crippen molar-refractivity contribution in [1.29, 1.82) is 0 Å². The van der Waals surface area contributed by atoms with E-state index in [0.29, 0.717) is 25.3 Å². The van der Waals surface area contributed by atoms with Crippen LogP contribution < -0.4 is 14.2 Å². The van der Waals surface area contributed by atoms with E-state index in [1.165, 1.54) is 0 Å². The number of carbonyl (C=O) groups excluding carboxylic acids is 1. The van der Waals surface area contributed by atoms with Gasteiger partial charge in [0.25, 0.3) is 5.91 Å². The molecule has 0 radical (unpaired) electrons. The lowest BCUT2D eigenvalue weighted by molar-refractivity contribution is 0.0625. The summed E-state index contributed by atoms with van der Waals surface area (Å²) in [6.07, 6.45) is 0. The molecule has 6 nitrogen and oxygen atoms in total. The van der Waals surface area contributed by atoms with Crippen LogP contribution >= 0.6 is 0 Å². The summed E-state index contributed by atoms with van der Waals surface area (Å²) in [4.78, 5) is 17.6. The van der Waals surface area contributed by atoms with E-state index in [4.69, 9.17) is 14.2 Å². The predicted molar refractivity (Wildman–Crippen MR) is 128 cm³/mol. The van der Waals surface area contributed by atoms with Gasteiger partial charge >= 0.3 is 0 Å². The molecule has 3 aromatic carbocycles. The van der Waals surface area contributed by atoms with Gasteiger partial charge in [0, 0.05) is 49.4 Å². The molecule has 0 atom stereocenters. The predicted octanol–water partition coefficient (Wildman–Crippen LogP) is 4.24. The molecule has 0 unspecified atom stereocenters. The summed E-state index contributed by atoms with van der Waals surface area (Å²) in [5, 5.41) is 0. The van der Waals surface area contributed by atoms with Gasteiger partial charge in [-0.25, -0.2) is 0 Å². The number of benzene rings is 3. The van der Waals surface area contributed by atoms with Gasteiger partial charge < -0.3 is 19.1 Å². The first-order valence-electron chi connectivity index (χ1n) is 11.2. The molecule has 0 spiro atoms. The smallest absolute Gasteiger partial charge is 0.254 e. The van der Waals surface area contributed by atoms with Crippen LogP contribution in [0.25, 0.3) is 0 Å². The average Bonchev–Trinajstić information content (AvgIpc) is 2.88. The first-order chi connectivity index (χ1) is 16.2. The molecule has 3 aromatic rings. The van der Waals surface area contributed by atoms with Crippen LogP contribution in [0.5, 0.6) is 17.2 Å². The molecular weight excluding hydrogens is 416 g/mol. The number of hydrogen-bond donors (Lipinski definition) is 0. The van der Waals surface area contributed by atoms with E-state index in [-0.39, 0.29) is 5.91 Å². The Morgan fingerprint density at radius 2 is 1.52 bits per heavy atom. The maximum absolute atomic E-state index is 13.3. The quantitative estimate of drug-likeness (QED) is 0.518. The molecular formula is C27H30N2O4. The van der Waals surface area contributed by atoms with Gasteiger partial charge in [0.05, 0.1) is 14.2 Å². The molecule has 0 N–H and O–H groups in total. The van der Waals surface area contributed by atoms with E-state index < -0.39 is 0 Å². The van der Waals surface area contributed by atoms with Gasteiger partial charge in [-0.2, -0.15) is 0 Å². The van der Waals surface area contributed by atoms with Crippen molar-refractivity contribution in [3.05, 3.63) is 89.5 Å². The summed E-state index contributed by atoms with van der Waals surface area (Å²) in [6.45, 7) is 4.08. The molecule has 4 rings (SSSR count). The average molecular weight is 447 g/mol. The minimum atomic E-state index is 0.0564. The lowest BCUT2D eigenvalue weighted by Crippen LogP contribution is -2.48. The Morgan fingerprint density at radius 3 is 2.24 bits per heavy atom. The number of ether oxygens (including phenoxy) is 3. The Balaban J connectivity index is 1.37. The second kappa shape index (κ2) is 10.9. The van der Waals surface area contributed by atoms with Crippen LogP contribution in [0.4, 0.5) is 0 Å². The van der Waals surface area contributed by atoms with E-state index in [9.17, 15) is 4.79 Å². The molecule has 6 heteroatoms. The number of methoxy groups -OCH3 is 2. The number of nitrogens with zero attached hydrogens (tertiary/aromatic N) is 2. The summed E-state index contributed by atoms with van der Waals surface area (Å²) in [5.41, 5.74) is 2.69. The molecule has 1 aliphatic rings. The number of rotatable bonds is 8. The van der Waals surface area contributed by atoms with Crippen molar-refractivity contribution in [1.82, 2.24) is 9.80 Å². The van der Waals surface area contributed by atoms with Gasteiger partial charge in [0.15, 0.2) is 0 Å². The highest BCUT2D eigenvalue weighted by Gasteiger charge is 2.24. The molecule has 33 heavy (non-hydrogen) atoms. The molecule has 1 fully saturated rings. The zero-order valence-electron chi connectivity index (χ0n) is 19.2. The van der Waals surface area contributed by atoms with Crippen LogP contribution in [0.1, 0.15) is 21.5 Å². The molecule has 0 bridgehead atoms. The zero-order valence-corrected chi connectivity index (χ0v) is 19.2. The first kappa shape index (κ1) is 22.7. The number of para-hydroxylation sites is 1. The third-order valence-corrected chi connectivity index (χ3v) is 5.93. The second-order valence-corrected chi connectivity index (χ2v) is 8.01. The number of hydrogen-bond acceptors (Lipinski definition) is 5. The van der Waals surface area contributed by atoms with Crippen molar-refractivity contribution >= 4 is 5.91 Å². The fourth-order valence-corrected chi connectivity index (χ4v) is 4.06. The largest absolute Gasteiger partial charge is 0.497 e. The molecule has 1 heterocycles. The van der Waals surface area contributed by atoms with Crippen LogP contribution in [0, 0.1) is 0 Å². The standard InChI is InChI=1S/C27H30N2O4/c1-31-24-12-13-26(32-2)22(18-24)19-28-14-16-29(17-15-28)27(30)25-11-7-6-8-21(25)20-33-23-9-4-3-5-10-23/h3-13,18H,14-17,19-20H2,1-2H3. The van der Waals surface area contributed by atoms with Crippen LogP contribution in [-0.2, 0) is 13.2 Å². The fourth-order valence-electron chi connectivity index (χ4n) is 4.06. The lowest BCUT2D eigenvalue weighted by Gasteiger charge is -2.35. The summed E-state index contributed by atoms with van der Waals surface area (Å²) in [5.74, 6) is 2.51. The molecule has 1 aliphatic heterocycles. The van der Waals surface area contributed by atoms with E-state index in [0.717, 1.165) is 48.0 Å². The van der Waals surface area contributed by atoms with Crippen LogP contribution in [0.2, 0.25) is 0 Å². The van der Waals surface area contributed by atoms with Crippen molar-refractivity contribution < 1.29 is 19.0 Å². The maximum atomic E-state index is 13.3. The minimum Gasteiger partial charge on any atom is -0.497 e. The lowest BCUT2D eigenvalue weighted by atomic mass is 10.1. The topological polar surface area (TPSA) is 51.2 Å². The summed E-state index contributed by atoms with van der Waals surface area (Å²) in [7, 11) is 3.35. The summed E-state index contributed by atoms with van der Waals surface area (Å²) < 4.78 is 16.8. The van der Waals surface area contributed by atoms with Crippen LogP contribution in [0.15, 0.2) is 72.8 Å². The normalized spacial score (nSPS) is 14.1. The van der Waals surface area contributed by atoms with Crippen LogP contribution in [0.3, 0.4) is 0 Å². The van der Waals surface area contributed by atoms with E-state index in [1.807, 2.05) is 77.7 Å². The monoisotopic (exact) mass is 446 g/mol. The Kier molecular flexibility index (Phi) is 7.47. The van der Waals surface area contributed by atoms with E-state index in [2.05, 4.69) is 4.90 Å². The highest BCUT2D eigenvalue weighted by atomic mass is 16.5. The summed E-state index contributed by atoms with van der Waals surface area (Å²) >= 11 is 0. The zero-order chi connectivity index (χ0) is 23.0. The van der Waals surface area contributed by atoms with Crippen molar-refractivity contribution in [2.45, 2.75) is 13.2 Å². The van der Waals surface area contributed by atoms with Gasteiger partial charge in [-0.3, -0.25) is 9.69 Å². The third kappa shape index (κ3) is 5.65. The highest BCUT2D eigenvalue weighted by molar-refractivity contribution is 5.95. The Hall–Kier alpha value is -3.51. The summed E-state index contributed by atoms with van der Waals surface area (Å²) in [6, 6.07) is 23.2. The second-order valence-electron chi connectivity index (χ2n) is 8.01. The number of piperazine rings is 1. The minimum absolute atomic E-state index is 0.0564. The number of carbonyl (C=O) groups is 1. The van der Waals surface area contributed by atoms with Crippen molar-refractivity contribution in [2.24, 2.45) is 0 Å². The van der Waals surface area contributed by atoms with E-state index in [1.54, 1.807) is 14.2 Å². The molecule has 1 saturated heterocycles. The molecule has 0 aliphatic carbocycles. The van der Waals surface area contributed by atoms with Gasteiger partial charge in [-0.05, 0) is 36.4 Å². The Bertz CT molecular complexity index is 1060. The maximum Gasteiger partial charge on any atom is 0.254 e. The Morgan fingerprint density at radius 1 is 0.788 bits per heavy atom. The highest BCUT2D eigenvalue weighted by Crippen LogP contribution is 2.26. The van der Waals surface area contributed by atoms with Crippen LogP contribution in [-0.4, -0.2) is 56.1 Å². The van der Waals surface area contributed by atoms with Gasteiger partial charge in [0.2, 0.25) is 0 Å². The first-order valence-corrected chi connectivity index (χ1v) is 11.2. The van der Waals surface area contributed by atoms with Crippen molar-refractivity contribution in [2.75, 3.05) is 40.4 Å². The molecule has 1 amide bonds. The van der Waals surface area contributed by atoms with Gasteiger partial charge in [0.1, 0.15) is 23.9 Å². The fraction of sp³-hybridized carbons (Fsp3) is 0.296. The van der Waals surface area contributed by atoms with E-state index >= 15 is 0 Å². The molecule has 0 aromatic heterocycles.